The van der Waals surface area contributed by atoms with Crippen molar-refractivity contribution in [2.45, 2.75) is 6.92 Å². The molecule has 4 heterocycles. The molecule has 0 radical (unpaired) electrons. The van der Waals surface area contributed by atoms with Gasteiger partial charge in [-0.3, -0.25) is 14.2 Å². The summed E-state index contributed by atoms with van der Waals surface area (Å²) >= 11 is 0. The highest BCUT2D eigenvalue weighted by Crippen LogP contribution is 2.37. The molecule has 0 fully saturated rings. The lowest BCUT2D eigenvalue weighted by molar-refractivity contribution is 0.417. The maximum absolute atomic E-state index is 14.7. The first-order valence-corrected chi connectivity index (χ1v) is 9.74. The van der Waals surface area contributed by atoms with Gasteiger partial charge in [-0.25, -0.2) is 18.7 Å². The Kier molecular flexibility index (Phi) is 4.26. The molecule has 162 valence electrons. The van der Waals surface area contributed by atoms with Crippen LogP contribution in [-0.4, -0.2) is 41.1 Å². The van der Waals surface area contributed by atoms with Gasteiger partial charge in [-0.1, -0.05) is 0 Å². The maximum atomic E-state index is 14.7. The van der Waals surface area contributed by atoms with Crippen LogP contribution in [0.2, 0.25) is 0 Å². The predicted octanol–water partition coefficient (Wildman–Crippen LogP) is 2.83. The van der Waals surface area contributed by atoms with E-state index in [1.807, 2.05) is 26.2 Å². The van der Waals surface area contributed by atoms with Crippen LogP contribution >= 0.6 is 0 Å². The molecule has 0 saturated carbocycles. The molecular weight excluding hydrogens is 415 g/mol. The molecule has 1 N–H and O–H groups in total. The molecule has 0 atom stereocenters. The van der Waals surface area contributed by atoms with Gasteiger partial charge >= 0.3 is 5.69 Å². The molecule has 0 aliphatic carbocycles. The van der Waals surface area contributed by atoms with Gasteiger partial charge in [-0.2, -0.15) is 5.10 Å². The average Bonchev–Trinajstić information content (AvgIpc) is 3.23. The maximum Gasteiger partial charge on any atom is 0.334 e. The molecule has 10 heteroatoms. The van der Waals surface area contributed by atoms with Crippen LogP contribution in [0.15, 0.2) is 41.6 Å². The van der Waals surface area contributed by atoms with Crippen LogP contribution in [0.1, 0.15) is 5.69 Å². The van der Waals surface area contributed by atoms with E-state index >= 15 is 0 Å². The monoisotopic (exact) mass is 434 g/mol. The second-order valence-corrected chi connectivity index (χ2v) is 7.54. The Labute approximate surface area is 180 Å². The number of hydrogen-bond acceptors (Lipinski definition) is 6. The van der Waals surface area contributed by atoms with Crippen LogP contribution < -0.4 is 10.4 Å². The van der Waals surface area contributed by atoms with Crippen LogP contribution in [0.25, 0.3) is 38.9 Å². The third-order valence-corrected chi connectivity index (χ3v) is 5.53. The van der Waals surface area contributed by atoms with Crippen LogP contribution in [0.5, 0.6) is 11.5 Å². The van der Waals surface area contributed by atoms with Gasteiger partial charge in [0.25, 0.3) is 0 Å². The highest BCUT2D eigenvalue weighted by molar-refractivity contribution is 6.05. The molecule has 1 aromatic carbocycles. The molecular formula is C22H19FN6O3. The Bertz CT molecular complexity index is 1600. The van der Waals surface area contributed by atoms with Gasteiger partial charge < -0.3 is 9.84 Å². The Morgan fingerprint density at radius 3 is 2.53 bits per heavy atom. The summed E-state index contributed by atoms with van der Waals surface area (Å²) in [6.45, 7) is 1.89. The Morgan fingerprint density at radius 2 is 1.88 bits per heavy atom. The van der Waals surface area contributed by atoms with Crippen LogP contribution in [-0.2, 0) is 14.1 Å². The molecule has 0 amide bonds. The fraction of sp³-hybridized carbons (Fsp3) is 0.182. The summed E-state index contributed by atoms with van der Waals surface area (Å²) in [5.41, 5.74) is 3.48. The molecule has 0 aliphatic heterocycles. The second-order valence-electron chi connectivity index (χ2n) is 7.54. The average molecular weight is 434 g/mol. The second kappa shape index (κ2) is 6.91. The summed E-state index contributed by atoms with van der Waals surface area (Å²) in [6.07, 6.45) is 4.54. The Morgan fingerprint density at radius 1 is 1.09 bits per heavy atom. The van der Waals surface area contributed by atoms with Gasteiger partial charge in [0.15, 0.2) is 11.6 Å². The lowest BCUT2D eigenvalue weighted by Gasteiger charge is -2.11. The van der Waals surface area contributed by atoms with Crippen LogP contribution in [0, 0.1) is 12.7 Å². The van der Waals surface area contributed by atoms with Crippen LogP contribution in [0.3, 0.4) is 0 Å². The number of halogens is 1. The number of imidazole rings is 1. The van der Waals surface area contributed by atoms with Gasteiger partial charge in [0.2, 0.25) is 0 Å². The molecule has 9 nitrogen and oxygen atoms in total. The number of methoxy groups -OCH3 is 1. The molecule has 0 unspecified atom stereocenters. The van der Waals surface area contributed by atoms with Crippen LogP contribution in [0.4, 0.5) is 4.39 Å². The van der Waals surface area contributed by atoms with Crippen molar-refractivity contribution in [2.75, 3.05) is 7.11 Å². The van der Waals surface area contributed by atoms with Crippen molar-refractivity contribution >= 4 is 21.9 Å². The molecule has 0 bridgehead atoms. The zero-order valence-electron chi connectivity index (χ0n) is 17.8. The van der Waals surface area contributed by atoms with E-state index in [0.717, 1.165) is 29.1 Å². The van der Waals surface area contributed by atoms with E-state index in [4.69, 9.17) is 4.74 Å². The highest BCUT2D eigenvalue weighted by Gasteiger charge is 2.22. The van der Waals surface area contributed by atoms with Crippen molar-refractivity contribution in [3.63, 3.8) is 0 Å². The third kappa shape index (κ3) is 2.76. The van der Waals surface area contributed by atoms with E-state index in [2.05, 4.69) is 15.1 Å². The molecule has 0 spiro atoms. The van der Waals surface area contributed by atoms with Crippen molar-refractivity contribution in [2.24, 2.45) is 14.1 Å². The minimum absolute atomic E-state index is 0.208. The molecule has 0 saturated heterocycles. The Hall–Kier alpha value is -4.21. The summed E-state index contributed by atoms with van der Waals surface area (Å²) in [4.78, 5) is 21.6. The lowest BCUT2D eigenvalue weighted by atomic mass is 10.0. The van der Waals surface area contributed by atoms with Gasteiger partial charge in [-0.05, 0) is 13.0 Å². The number of rotatable bonds is 3. The lowest BCUT2D eigenvalue weighted by Crippen LogP contribution is -2.22. The zero-order chi connectivity index (χ0) is 22.7. The number of fused-ring (bicyclic) bond motifs is 3. The summed E-state index contributed by atoms with van der Waals surface area (Å²) in [7, 11) is 4.99. The van der Waals surface area contributed by atoms with Crippen molar-refractivity contribution in [3.8, 4) is 28.4 Å². The SMILES string of the molecule is COc1cc2ncc3c(c2cc1-c1cn(C)nc1C)n(-c1ncc(O)cc1F)c(=O)n3C. The van der Waals surface area contributed by atoms with Gasteiger partial charge in [-0.15, -0.1) is 0 Å². The van der Waals surface area contributed by atoms with E-state index < -0.39 is 11.5 Å². The van der Waals surface area contributed by atoms with E-state index in [0.29, 0.717) is 27.7 Å². The van der Waals surface area contributed by atoms with Crippen molar-refractivity contribution < 1.29 is 14.2 Å². The van der Waals surface area contributed by atoms with Gasteiger partial charge in [0, 0.05) is 48.9 Å². The van der Waals surface area contributed by atoms with E-state index in [1.54, 1.807) is 31.1 Å². The van der Waals surface area contributed by atoms with Gasteiger partial charge in [0.1, 0.15) is 11.5 Å². The first-order valence-electron chi connectivity index (χ1n) is 9.74. The highest BCUT2D eigenvalue weighted by atomic mass is 19.1. The zero-order valence-corrected chi connectivity index (χ0v) is 17.8. The molecule has 32 heavy (non-hydrogen) atoms. The molecule has 0 aliphatic rings. The number of hydrogen-bond donors (Lipinski definition) is 1. The minimum atomic E-state index is -0.818. The number of aryl methyl sites for hydroxylation is 3. The summed E-state index contributed by atoms with van der Waals surface area (Å²) < 4.78 is 24.6. The van der Waals surface area contributed by atoms with Crippen molar-refractivity contribution in [3.05, 3.63) is 58.8 Å². The number of ether oxygens (including phenoxy) is 1. The number of aromatic nitrogens is 6. The van der Waals surface area contributed by atoms with E-state index in [9.17, 15) is 14.3 Å². The minimum Gasteiger partial charge on any atom is -0.506 e. The van der Waals surface area contributed by atoms with E-state index in [-0.39, 0.29) is 11.6 Å². The standard InChI is InChI=1S/C22H19FN6O3/c1-11-15(10-27(2)26-11)13-6-14-17(7-19(13)32-4)24-9-18-20(14)29(22(31)28(18)3)21-16(23)5-12(30)8-25-21/h5-10,30H,1-4H3. The number of nitrogens with zero attached hydrogens (tertiary/aromatic N) is 6. The number of benzene rings is 1. The van der Waals surface area contributed by atoms with E-state index in [1.165, 1.54) is 9.13 Å². The van der Waals surface area contributed by atoms with Gasteiger partial charge in [0.05, 0.1) is 41.7 Å². The van der Waals surface area contributed by atoms with Crippen molar-refractivity contribution in [1.29, 1.82) is 0 Å². The smallest absolute Gasteiger partial charge is 0.334 e. The largest absolute Gasteiger partial charge is 0.506 e. The summed E-state index contributed by atoms with van der Waals surface area (Å²) in [6, 6.07) is 4.56. The number of aromatic hydroxyl groups is 1. The first kappa shape index (κ1) is 19.7. The summed E-state index contributed by atoms with van der Waals surface area (Å²) in [5.74, 6) is -0.758. The summed E-state index contributed by atoms with van der Waals surface area (Å²) in [5, 5.41) is 14.6. The number of pyridine rings is 2. The first-order chi connectivity index (χ1) is 15.3. The predicted molar refractivity (Wildman–Crippen MR) is 117 cm³/mol. The van der Waals surface area contributed by atoms with Crippen molar-refractivity contribution in [1.82, 2.24) is 28.9 Å². The molecule has 5 rings (SSSR count). The normalized spacial score (nSPS) is 11.5. The fourth-order valence-corrected chi connectivity index (χ4v) is 4.05. The molecule has 4 aromatic heterocycles. The Balaban J connectivity index is 1.94. The topological polar surface area (TPSA) is 100.0 Å². The third-order valence-electron chi connectivity index (χ3n) is 5.53. The molecule has 5 aromatic rings. The quantitative estimate of drug-likeness (QED) is 0.469. The fourth-order valence-electron chi connectivity index (χ4n) is 4.05.